The highest BCUT2D eigenvalue weighted by Gasteiger charge is 2.76. The Morgan fingerprint density at radius 3 is 2.60 bits per heavy atom. The lowest BCUT2D eigenvalue weighted by Crippen LogP contribution is -2.38. The minimum absolute atomic E-state index is 0.0447. The number of rotatable bonds is 1. The third-order valence-electron chi connectivity index (χ3n) is 6.20. The monoisotopic (exact) mass is 271 g/mol. The number of halogens is 1. The largest absolute Gasteiger partial charge is 0.308 e. The van der Waals surface area contributed by atoms with E-state index in [1.54, 1.807) is 6.07 Å². The zero-order valence-corrected chi connectivity index (χ0v) is 11.5. The average molecular weight is 271 g/mol. The van der Waals surface area contributed by atoms with E-state index in [-0.39, 0.29) is 22.6 Å². The molecule has 104 valence electrons. The Labute approximate surface area is 118 Å². The first-order valence-corrected chi connectivity index (χ1v) is 7.77. The van der Waals surface area contributed by atoms with Crippen LogP contribution in [0.25, 0.3) is 0 Å². The number of benzene rings is 1. The number of nitrogens with zero attached hydrogens (tertiary/aromatic N) is 1. The van der Waals surface area contributed by atoms with Gasteiger partial charge in [0.25, 0.3) is 0 Å². The van der Waals surface area contributed by atoms with E-state index in [1.165, 1.54) is 18.9 Å². The number of amides is 1. The van der Waals surface area contributed by atoms with Crippen molar-refractivity contribution in [2.75, 3.05) is 11.4 Å². The molecule has 1 aromatic rings. The van der Waals surface area contributed by atoms with Gasteiger partial charge in [-0.1, -0.05) is 25.0 Å². The fraction of sp³-hybridized carbons (Fsp3) is 0.588. The first-order valence-electron chi connectivity index (χ1n) is 7.77. The summed E-state index contributed by atoms with van der Waals surface area (Å²) in [5, 5.41) is 0. The van der Waals surface area contributed by atoms with Gasteiger partial charge in [-0.15, -0.1) is 0 Å². The van der Waals surface area contributed by atoms with Crippen LogP contribution in [0.4, 0.5) is 10.1 Å². The summed E-state index contributed by atoms with van der Waals surface area (Å²) in [7, 11) is 0. The van der Waals surface area contributed by atoms with Crippen molar-refractivity contribution in [3.63, 3.8) is 0 Å². The molecule has 3 aliphatic carbocycles. The van der Waals surface area contributed by atoms with Crippen molar-refractivity contribution >= 4 is 11.6 Å². The molecule has 1 spiro atoms. The summed E-state index contributed by atoms with van der Waals surface area (Å²) in [6, 6.07) is 5.35. The lowest BCUT2D eigenvalue weighted by molar-refractivity contribution is -0.121. The number of hydrogen-bond donors (Lipinski definition) is 0. The highest BCUT2D eigenvalue weighted by molar-refractivity contribution is 6.04. The van der Waals surface area contributed by atoms with E-state index in [9.17, 15) is 9.18 Å². The summed E-state index contributed by atoms with van der Waals surface area (Å²) >= 11 is 0. The average Bonchev–Trinajstić information content (AvgIpc) is 3.20. The predicted molar refractivity (Wildman–Crippen MR) is 74.1 cm³/mol. The van der Waals surface area contributed by atoms with E-state index in [4.69, 9.17) is 0 Å². The summed E-state index contributed by atoms with van der Waals surface area (Å²) < 4.78 is 14.4. The second-order valence-corrected chi connectivity index (χ2v) is 7.28. The fourth-order valence-electron chi connectivity index (χ4n) is 4.66. The molecule has 0 radical (unpaired) electrons. The van der Waals surface area contributed by atoms with Crippen molar-refractivity contribution in [2.24, 2.45) is 11.3 Å². The van der Waals surface area contributed by atoms with Crippen molar-refractivity contribution < 1.29 is 9.18 Å². The van der Waals surface area contributed by atoms with E-state index in [0.29, 0.717) is 11.6 Å². The van der Waals surface area contributed by atoms with Crippen LogP contribution in [-0.2, 0) is 10.2 Å². The Balaban J connectivity index is 1.63. The molecule has 0 aromatic heterocycles. The van der Waals surface area contributed by atoms with Crippen LogP contribution in [0.5, 0.6) is 0 Å². The van der Waals surface area contributed by atoms with Crippen LogP contribution < -0.4 is 4.90 Å². The molecule has 1 amide bonds. The summed E-state index contributed by atoms with van der Waals surface area (Å²) in [6.07, 6.45) is 6.68. The van der Waals surface area contributed by atoms with Crippen molar-refractivity contribution in [2.45, 2.75) is 43.9 Å². The molecule has 1 aliphatic heterocycles. The SMILES string of the molecule is O=C(N1CC2(CCCC2)c2cccc(F)c21)C12CC1C2. The number of para-hydroxylation sites is 1. The van der Waals surface area contributed by atoms with Crippen LogP contribution in [0.3, 0.4) is 0 Å². The Hall–Kier alpha value is -1.38. The first kappa shape index (κ1) is 11.3. The number of fused-ring (bicyclic) bond motifs is 3. The third-order valence-corrected chi connectivity index (χ3v) is 6.20. The summed E-state index contributed by atoms with van der Waals surface area (Å²) in [5.41, 5.74) is 1.68. The van der Waals surface area contributed by atoms with Gasteiger partial charge in [-0.25, -0.2) is 4.39 Å². The quantitative estimate of drug-likeness (QED) is 0.766. The van der Waals surface area contributed by atoms with Crippen LogP contribution in [0, 0.1) is 17.2 Å². The Kier molecular flexibility index (Phi) is 1.84. The number of carbonyl (C=O) groups excluding carboxylic acids is 1. The standard InChI is InChI=1S/C17H18FNO/c18-13-5-3-4-12-14(13)19(10-16(12)6-1-2-7-16)15(20)17-8-11(17)9-17/h3-5,11H,1-2,6-10H2. The molecule has 5 rings (SSSR count). The summed E-state index contributed by atoms with van der Waals surface area (Å²) in [6.45, 7) is 0.719. The van der Waals surface area contributed by atoms with E-state index in [0.717, 1.165) is 37.8 Å². The smallest absolute Gasteiger partial charge is 0.233 e. The minimum Gasteiger partial charge on any atom is -0.308 e. The molecule has 4 aliphatic rings. The second-order valence-electron chi connectivity index (χ2n) is 7.28. The molecule has 0 bridgehead atoms. The first-order chi connectivity index (χ1) is 9.66. The molecule has 20 heavy (non-hydrogen) atoms. The Morgan fingerprint density at radius 1 is 1.25 bits per heavy atom. The normalized spacial score (nSPS) is 35.0. The second kappa shape index (κ2) is 3.26. The molecule has 0 unspecified atom stereocenters. The number of carbonyl (C=O) groups is 1. The van der Waals surface area contributed by atoms with Crippen molar-refractivity contribution in [1.29, 1.82) is 0 Å². The van der Waals surface area contributed by atoms with Gasteiger partial charge >= 0.3 is 0 Å². The molecule has 3 fully saturated rings. The van der Waals surface area contributed by atoms with Crippen LogP contribution in [-0.4, -0.2) is 12.5 Å². The molecule has 0 N–H and O–H groups in total. The van der Waals surface area contributed by atoms with Gasteiger partial charge in [0.15, 0.2) is 0 Å². The van der Waals surface area contributed by atoms with E-state index in [1.807, 2.05) is 11.0 Å². The predicted octanol–water partition coefficient (Wildman–Crippen LogP) is 3.39. The molecule has 3 saturated carbocycles. The van der Waals surface area contributed by atoms with Crippen molar-refractivity contribution in [3.8, 4) is 0 Å². The van der Waals surface area contributed by atoms with E-state index >= 15 is 0 Å². The third kappa shape index (κ3) is 1.18. The fourth-order valence-corrected chi connectivity index (χ4v) is 4.66. The van der Waals surface area contributed by atoms with Crippen molar-refractivity contribution in [3.05, 3.63) is 29.6 Å². The molecule has 0 atom stereocenters. The van der Waals surface area contributed by atoms with Gasteiger partial charge in [-0.3, -0.25) is 4.79 Å². The van der Waals surface area contributed by atoms with Gasteiger partial charge in [0, 0.05) is 12.0 Å². The van der Waals surface area contributed by atoms with Crippen LogP contribution in [0.1, 0.15) is 44.1 Å². The lowest BCUT2D eigenvalue weighted by Gasteiger charge is -2.25. The molecular weight excluding hydrogens is 253 g/mol. The maximum absolute atomic E-state index is 14.4. The minimum atomic E-state index is -0.214. The van der Waals surface area contributed by atoms with Crippen LogP contribution in [0.2, 0.25) is 0 Å². The molecule has 0 saturated heterocycles. The summed E-state index contributed by atoms with van der Waals surface area (Å²) in [4.78, 5) is 14.6. The number of anilines is 1. The zero-order chi connectivity index (χ0) is 13.5. The lowest BCUT2D eigenvalue weighted by atomic mass is 9.81. The molecular formula is C17H18FNO. The molecule has 2 nitrogen and oxygen atoms in total. The molecule has 3 heteroatoms. The van der Waals surface area contributed by atoms with Gasteiger partial charge in [0.05, 0.1) is 11.1 Å². The Bertz CT molecular complexity index is 626. The maximum atomic E-state index is 14.4. The van der Waals surface area contributed by atoms with Gasteiger partial charge in [-0.2, -0.15) is 0 Å². The van der Waals surface area contributed by atoms with E-state index in [2.05, 4.69) is 0 Å². The highest BCUT2D eigenvalue weighted by atomic mass is 19.1. The van der Waals surface area contributed by atoms with Gasteiger partial charge < -0.3 is 4.90 Å². The van der Waals surface area contributed by atoms with Gasteiger partial charge in [0.2, 0.25) is 5.91 Å². The van der Waals surface area contributed by atoms with Gasteiger partial charge in [0.1, 0.15) is 5.82 Å². The molecule has 1 aromatic carbocycles. The Morgan fingerprint density at radius 2 is 1.95 bits per heavy atom. The molecule has 1 heterocycles. The summed E-state index contributed by atoms with van der Waals surface area (Å²) in [5.74, 6) is 0.608. The highest BCUT2D eigenvalue weighted by Crippen LogP contribution is 2.76. The van der Waals surface area contributed by atoms with Crippen LogP contribution >= 0.6 is 0 Å². The van der Waals surface area contributed by atoms with Crippen LogP contribution in [0.15, 0.2) is 18.2 Å². The van der Waals surface area contributed by atoms with E-state index < -0.39 is 0 Å². The van der Waals surface area contributed by atoms with Gasteiger partial charge in [-0.05, 0) is 43.2 Å². The zero-order valence-electron chi connectivity index (χ0n) is 11.5. The topological polar surface area (TPSA) is 20.3 Å². The number of hydrogen-bond acceptors (Lipinski definition) is 1. The maximum Gasteiger partial charge on any atom is 0.233 e. The van der Waals surface area contributed by atoms with Crippen molar-refractivity contribution in [1.82, 2.24) is 0 Å².